The summed E-state index contributed by atoms with van der Waals surface area (Å²) in [6.07, 6.45) is 2.06. The Hall–Kier alpha value is -2.75. The molecule has 0 aromatic heterocycles. The number of amides is 3. The molecule has 0 radical (unpaired) electrons. The molecule has 0 aliphatic carbocycles. The summed E-state index contributed by atoms with van der Waals surface area (Å²) in [5.41, 5.74) is 1.19. The van der Waals surface area contributed by atoms with E-state index in [0.29, 0.717) is 41.6 Å². The topological polar surface area (TPSA) is 108 Å². The maximum atomic E-state index is 14.4. The van der Waals surface area contributed by atoms with Crippen LogP contribution in [0.2, 0.25) is 5.02 Å². The van der Waals surface area contributed by atoms with E-state index in [1.165, 1.54) is 0 Å². The third-order valence-corrected chi connectivity index (χ3v) is 11.4. The van der Waals surface area contributed by atoms with Crippen LogP contribution >= 0.6 is 23.4 Å². The van der Waals surface area contributed by atoms with Crippen molar-refractivity contribution in [2.75, 3.05) is 23.8 Å². The maximum absolute atomic E-state index is 14.4. The molecule has 7 atom stereocenters. The van der Waals surface area contributed by atoms with Gasteiger partial charge < -0.3 is 25.4 Å². The standard InChI is InChI=1S/C31H38ClN3O5S/c1-5-18(3)23(17-36)35-26(28(38)34-20-9-7-19(32)8-10-20)31-16-15-30(4,41-31)24(25(31)29(35)39)27(37)33-21-11-13-22(14-12-21)40-6-2/h7-14,18,23-26,36H,5-6,15-17H2,1-4H3,(H,33,37)(H,34,38)/t18-,23-,24+,25-,26?,30-,31?/m0/s1. The van der Waals surface area contributed by atoms with Crippen LogP contribution in [0, 0.1) is 17.8 Å². The van der Waals surface area contributed by atoms with Crippen LogP contribution in [0.1, 0.15) is 47.0 Å². The molecular formula is C31H38ClN3O5S. The molecule has 2 aromatic carbocycles. The fourth-order valence-corrected chi connectivity index (χ4v) is 9.47. The number of benzene rings is 2. The zero-order chi connectivity index (χ0) is 29.5. The van der Waals surface area contributed by atoms with E-state index in [-0.39, 0.29) is 30.2 Å². The van der Waals surface area contributed by atoms with Gasteiger partial charge in [-0.3, -0.25) is 14.4 Å². The van der Waals surface area contributed by atoms with Crippen molar-refractivity contribution in [1.29, 1.82) is 0 Å². The number of likely N-dealkylation sites (tertiary alicyclic amines) is 1. The molecule has 3 fully saturated rings. The number of aliphatic hydroxyl groups excluding tert-OH is 1. The lowest BCUT2D eigenvalue weighted by atomic mass is 9.66. The van der Waals surface area contributed by atoms with Gasteiger partial charge in [-0.1, -0.05) is 31.9 Å². The number of hydrogen-bond acceptors (Lipinski definition) is 6. The second kappa shape index (κ2) is 11.5. The molecule has 2 unspecified atom stereocenters. The highest BCUT2D eigenvalue weighted by Gasteiger charge is 2.77. The number of thioether (sulfide) groups is 1. The molecule has 5 rings (SSSR count). The monoisotopic (exact) mass is 599 g/mol. The van der Waals surface area contributed by atoms with Crippen molar-refractivity contribution in [2.45, 2.75) is 68.5 Å². The van der Waals surface area contributed by atoms with Crippen molar-refractivity contribution < 1.29 is 24.2 Å². The molecule has 41 heavy (non-hydrogen) atoms. The van der Waals surface area contributed by atoms with Gasteiger partial charge in [0.1, 0.15) is 11.8 Å². The van der Waals surface area contributed by atoms with E-state index < -0.39 is 33.4 Å². The largest absolute Gasteiger partial charge is 0.494 e. The lowest BCUT2D eigenvalue weighted by molar-refractivity contribution is -0.142. The number of fused-ring (bicyclic) bond motifs is 1. The third-order valence-electron chi connectivity index (χ3n) is 9.14. The normalized spacial score (nSPS) is 29.7. The molecule has 2 bridgehead atoms. The van der Waals surface area contributed by atoms with Gasteiger partial charge in [0.25, 0.3) is 0 Å². The predicted octanol–water partition coefficient (Wildman–Crippen LogP) is 5.20. The number of aliphatic hydroxyl groups is 1. The first-order chi connectivity index (χ1) is 19.6. The maximum Gasteiger partial charge on any atom is 0.248 e. The van der Waals surface area contributed by atoms with Gasteiger partial charge in [0.2, 0.25) is 17.7 Å². The SMILES string of the molecule is CCOc1ccc(NC(=O)[C@H]2[C@H]3C(=O)N([C@@H](CO)[C@@H](C)CC)C(C(=O)Nc4ccc(Cl)cc4)C34CC[C@]2(C)S4)cc1. The van der Waals surface area contributed by atoms with Gasteiger partial charge in [0, 0.05) is 21.1 Å². The molecule has 220 valence electrons. The third kappa shape index (κ3) is 5.10. The second-order valence-electron chi connectivity index (χ2n) is 11.6. The molecule has 8 nitrogen and oxygen atoms in total. The summed E-state index contributed by atoms with van der Waals surface area (Å²) < 4.78 is 4.22. The summed E-state index contributed by atoms with van der Waals surface area (Å²) in [6, 6.07) is 12.6. The fraction of sp³-hybridized carbons (Fsp3) is 0.516. The Balaban J connectivity index is 1.51. The molecule has 1 spiro atoms. The quantitative estimate of drug-likeness (QED) is 0.346. The minimum Gasteiger partial charge on any atom is -0.494 e. The molecule has 3 aliphatic rings. The molecular weight excluding hydrogens is 562 g/mol. The Labute approximate surface area is 250 Å². The lowest BCUT2D eigenvalue weighted by Crippen LogP contribution is -2.56. The number of rotatable bonds is 10. The van der Waals surface area contributed by atoms with Gasteiger partial charge in [-0.05, 0) is 81.1 Å². The number of anilines is 2. The zero-order valence-corrected chi connectivity index (χ0v) is 25.4. The van der Waals surface area contributed by atoms with Crippen molar-refractivity contribution in [2.24, 2.45) is 17.8 Å². The fourth-order valence-electron chi connectivity index (χ4n) is 7.00. The van der Waals surface area contributed by atoms with Crippen LogP contribution in [-0.4, -0.2) is 62.5 Å². The molecule has 0 saturated carbocycles. The minimum absolute atomic E-state index is 0.0427. The van der Waals surface area contributed by atoms with E-state index in [1.54, 1.807) is 65.2 Å². The highest BCUT2D eigenvalue weighted by atomic mass is 35.5. The van der Waals surface area contributed by atoms with Crippen molar-refractivity contribution in [3.8, 4) is 5.75 Å². The summed E-state index contributed by atoms with van der Waals surface area (Å²) in [7, 11) is 0. The number of hydrogen-bond donors (Lipinski definition) is 3. The van der Waals surface area contributed by atoms with Gasteiger partial charge in [-0.15, -0.1) is 11.8 Å². The van der Waals surface area contributed by atoms with Crippen molar-refractivity contribution in [1.82, 2.24) is 4.90 Å². The van der Waals surface area contributed by atoms with Crippen LogP contribution in [0.4, 0.5) is 11.4 Å². The van der Waals surface area contributed by atoms with Crippen LogP contribution in [0.25, 0.3) is 0 Å². The number of nitrogens with zero attached hydrogens (tertiary/aromatic N) is 1. The predicted molar refractivity (Wildman–Crippen MR) is 162 cm³/mol. The highest BCUT2D eigenvalue weighted by Crippen LogP contribution is 2.71. The van der Waals surface area contributed by atoms with Crippen LogP contribution in [0.3, 0.4) is 0 Å². The van der Waals surface area contributed by atoms with Gasteiger partial charge in [0.05, 0.1) is 35.8 Å². The Bertz CT molecular complexity index is 1310. The first-order valence-corrected chi connectivity index (χ1v) is 15.5. The number of halogens is 1. The Morgan fingerprint density at radius 1 is 1.07 bits per heavy atom. The van der Waals surface area contributed by atoms with Crippen LogP contribution in [0.5, 0.6) is 5.75 Å². The molecule has 3 aliphatic heterocycles. The first-order valence-electron chi connectivity index (χ1n) is 14.3. The van der Waals surface area contributed by atoms with Crippen molar-refractivity contribution in [3.63, 3.8) is 0 Å². The van der Waals surface area contributed by atoms with E-state index in [2.05, 4.69) is 10.6 Å². The van der Waals surface area contributed by atoms with Gasteiger partial charge in [-0.2, -0.15) is 0 Å². The summed E-state index contributed by atoms with van der Waals surface area (Å²) in [6.45, 7) is 8.22. The van der Waals surface area contributed by atoms with Crippen LogP contribution < -0.4 is 15.4 Å². The van der Waals surface area contributed by atoms with Gasteiger partial charge >= 0.3 is 0 Å². The van der Waals surface area contributed by atoms with E-state index >= 15 is 0 Å². The van der Waals surface area contributed by atoms with E-state index in [0.717, 1.165) is 6.42 Å². The lowest BCUT2D eigenvalue weighted by Gasteiger charge is -2.39. The Morgan fingerprint density at radius 2 is 1.68 bits per heavy atom. The van der Waals surface area contributed by atoms with E-state index in [9.17, 15) is 19.5 Å². The molecule has 3 saturated heterocycles. The summed E-state index contributed by atoms with van der Waals surface area (Å²) in [5.74, 6) is -1.42. The van der Waals surface area contributed by atoms with Crippen LogP contribution in [-0.2, 0) is 14.4 Å². The Kier molecular flexibility index (Phi) is 8.34. The molecule has 2 aromatic rings. The van der Waals surface area contributed by atoms with Crippen LogP contribution in [0.15, 0.2) is 48.5 Å². The zero-order valence-electron chi connectivity index (χ0n) is 23.9. The van der Waals surface area contributed by atoms with Gasteiger partial charge in [-0.25, -0.2) is 0 Å². The number of carbonyl (C=O) groups excluding carboxylic acids is 3. The molecule has 3 amide bonds. The van der Waals surface area contributed by atoms with Crippen molar-refractivity contribution in [3.05, 3.63) is 53.6 Å². The van der Waals surface area contributed by atoms with E-state index in [4.69, 9.17) is 16.3 Å². The smallest absolute Gasteiger partial charge is 0.248 e. The average molecular weight is 600 g/mol. The minimum atomic E-state index is -0.836. The van der Waals surface area contributed by atoms with Crippen molar-refractivity contribution >= 4 is 52.5 Å². The second-order valence-corrected chi connectivity index (χ2v) is 13.9. The number of carbonyl (C=O) groups is 3. The highest BCUT2D eigenvalue weighted by molar-refractivity contribution is 8.02. The summed E-state index contributed by atoms with van der Waals surface area (Å²) in [4.78, 5) is 44.1. The van der Waals surface area contributed by atoms with Gasteiger partial charge in [0.15, 0.2) is 0 Å². The summed E-state index contributed by atoms with van der Waals surface area (Å²) in [5, 5.41) is 17.1. The number of ether oxygens (including phenoxy) is 1. The summed E-state index contributed by atoms with van der Waals surface area (Å²) >= 11 is 7.66. The first kappa shape index (κ1) is 29.7. The van der Waals surface area contributed by atoms with E-state index in [1.807, 2.05) is 27.7 Å². The Morgan fingerprint density at radius 3 is 2.27 bits per heavy atom. The average Bonchev–Trinajstić information content (AvgIpc) is 3.52. The number of nitrogens with one attached hydrogen (secondary N) is 2. The molecule has 10 heteroatoms. The molecule has 3 N–H and O–H groups in total. The molecule has 3 heterocycles.